The van der Waals surface area contributed by atoms with Crippen molar-refractivity contribution in [2.45, 2.75) is 33.4 Å². The Kier molecular flexibility index (Phi) is 6.57. The molecule has 2 aromatic carbocycles. The zero-order valence-corrected chi connectivity index (χ0v) is 17.0. The van der Waals surface area contributed by atoms with Crippen LogP contribution in [-0.4, -0.2) is 20.2 Å². The fourth-order valence-electron chi connectivity index (χ4n) is 3.24. The quantitative estimate of drug-likeness (QED) is 0.645. The molecule has 5 nitrogen and oxygen atoms in total. The lowest BCUT2D eigenvalue weighted by Gasteiger charge is -2.09. The summed E-state index contributed by atoms with van der Waals surface area (Å²) in [7, 11) is 0. The Balaban J connectivity index is 1.92. The Labute approximate surface area is 175 Å². The molecule has 0 aliphatic rings. The Bertz CT molecular complexity index is 1240. The summed E-state index contributed by atoms with van der Waals surface area (Å²) in [4.78, 5) is 24.3. The zero-order chi connectivity index (χ0) is 21.5. The predicted molar refractivity (Wildman–Crippen MR) is 117 cm³/mol. The second-order valence-corrected chi connectivity index (χ2v) is 6.70. The number of benzene rings is 2. The number of hydrogen-bond donors (Lipinski definition) is 1. The molecule has 1 heterocycles. The van der Waals surface area contributed by atoms with Gasteiger partial charge in [-0.1, -0.05) is 54.3 Å². The normalized spacial score (nSPS) is 9.93. The Morgan fingerprint density at radius 3 is 2.37 bits per heavy atom. The fourth-order valence-corrected chi connectivity index (χ4v) is 3.24. The highest BCUT2D eigenvalue weighted by Crippen LogP contribution is 2.24. The van der Waals surface area contributed by atoms with Crippen molar-refractivity contribution >= 4 is 5.97 Å². The van der Waals surface area contributed by atoms with Gasteiger partial charge in [0.25, 0.3) is 0 Å². The summed E-state index contributed by atoms with van der Waals surface area (Å²) < 4.78 is 3.31. The summed E-state index contributed by atoms with van der Waals surface area (Å²) in [6, 6.07) is 14.5. The van der Waals surface area contributed by atoms with E-state index in [4.69, 9.17) is 0 Å². The smallest absolute Gasteiger partial charge is 0.336 e. The number of aromatic carboxylic acids is 1. The third-order valence-electron chi connectivity index (χ3n) is 4.76. The van der Waals surface area contributed by atoms with Gasteiger partial charge in [-0.15, -0.1) is 11.8 Å². The van der Waals surface area contributed by atoms with Crippen molar-refractivity contribution in [3.8, 4) is 34.8 Å². The molecular weight excluding hydrogens is 376 g/mol. The number of carboxylic acids is 1. The standard InChI is InChI=1S/C25H22N2O3/c1-3-5-9-21-18-26(16-6-4-2)25(30)27(21)17-19-12-14-20(15-13-19)22-10-7-8-11-23(22)24(28)29/h7-8,10-15,18H,9,16-17H2,1-2H3,(H,28,29). The van der Waals surface area contributed by atoms with Crippen molar-refractivity contribution in [3.05, 3.63) is 82.0 Å². The molecule has 5 heteroatoms. The van der Waals surface area contributed by atoms with Crippen molar-refractivity contribution in [2.24, 2.45) is 0 Å². The van der Waals surface area contributed by atoms with E-state index in [0.717, 1.165) is 16.8 Å². The number of carbonyl (C=O) groups is 1. The topological polar surface area (TPSA) is 64.2 Å². The molecule has 0 aliphatic carbocycles. The van der Waals surface area contributed by atoms with E-state index in [1.54, 1.807) is 41.2 Å². The van der Waals surface area contributed by atoms with Gasteiger partial charge < -0.3 is 5.11 Å². The van der Waals surface area contributed by atoms with Crippen molar-refractivity contribution in [1.29, 1.82) is 0 Å². The second-order valence-electron chi connectivity index (χ2n) is 6.70. The van der Waals surface area contributed by atoms with E-state index in [1.165, 1.54) is 0 Å². The van der Waals surface area contributed by atoms with Crippen LogP contribution in [-0.2, 0) is 19.5 Å². The minimum absolute atomic E-state index is 0.119. The Morgan fingerprint density at radius 2 is 1.70 bits per heavy atom. The molecule has 0 saturated carbocycles. The van der Waals surface area contributed by atoms with Gasteiger partial charge in [0.2, 0.25) is 0 Å². The first-order chi connectivity index (χ1) is 14.5. The molecule has 0 aliphatic heterocycles. The molecule has 0 bridgehead atoms. The molecule has 0 unspecified atom stereocenters. The molecule has 0 amide bonds. The molecular formula is C25H22N2O3. The summed E-state index contributed by atoms with van der Waals surface area (Å²) in [5.41, 5.74) is 3.40. The maximum atomic E-state index is 12.8. The van der Waals surface area contributed by atoms with E-state index < -0.39 is 5.97 Å². The van der Waals surface area contributed by atoms with Crippen LogP contribution in [0, 0.1) is 23.7 Å². The van der Waals surface area contributed by atoms with Crippen molar-refractivity contribution in [2.75, 3.05) is 0 Å². The monoisotopic (exact) mass is 398 g/mol. The van der Waals surface area contributed by atoms with Crippen LogP contribution in [0.1, 0.15) is 35.5 Å². The highest BCUT2D eigenvalue weighted by Gasteiger charge is 2.13. The van der Waals surface area contributed by atoms with Gasteiger partial charge in [-0.05, 0) is 36.6 Å². The summed E-state index contributed by atoms with van der Waals surface area (Å²) in [5, 5.41) is 9.41. The molecule has 1 aromatic heterocycles. The lowest BCUT2D eigenvalue weighted by molar-refractivity contribution is 0.0697. The van der Waals surface area contributed by atoms with Crippen molar-refractivity contribution in [3.63, 3.8) is 0 Å². The van der Waals surface area contributed by atoms with Crippen molar-refractivity contribution < 1.29 is 9.90 Å². The minimum atomic E-state index is -0.959. The number of hydrogen-bond acceptors (Lipinski definition) is 2. The second kappa shape index (κ2) is 9.49. The SMILES string of the molecule is CC#CCc1cn(CC#CC)c(=O)n1Cc1ccc(-c2ccccc2C(=O)O)cc1. The average Bonchev–Trinajstić information content (AvgIpc) is 3.05. The number of nitrogens with zero attached hydrogens (tertiary/aromatic N) is 2. The van der Waals surface area contributed by atoms with E-state index in [-0.39, 0.29) is 11.3 Å². The van der Waals surface area contributed by atoms with Crippen LogP contribution < -0.4 is 5.69 Å². The Morgan fingerprint density at radius 1 is 1.00 bits per heavy atom. The lowest BCUT2D eigenvalue weighted by atomic mass is 9.99. The van der Waals surface area contributed by atoms with Gasteiger partial charge in [-0.2, -0.15) is 0 Å². The van der Waals surface area contributed by atoms with Gasteiger partial charge in [-0.3, -0.25) is 9.13 Å². The molecule has 30 heavy (non-hydrogen) atoms. The van der Waals surface area contributed by atoms with Gasteiger partial charge in [0.05, 0.1) is 30.8 Å². The van der Waals surface area contributed by atoms with E-state index in [2.05, 4.69) is 23.7 Å². The Hall–Kier alpha value is -3.96. The minimum Gasteiger partial charge on any atom is -0.478 e. The van der Waals surface area contributed by atoms with Crippen LogP contribution >= 0.6 is 0 Å². The summed E-state index contributed by atoms with van der Waals surface area (Å²) >= 11 is 0. The maximum Gasteiger partial charge on any atom is 0.336 e. The fraction of sp³-hybridized carbons (Fsp3) is 0.200. The molecule has 1 N–H and O–H groups in total. The highest BCUT2D eigenvalue weighted by molar-refractivity contribution is 5.95. The first-order valence-corrected chi connectivity index (χ1v) is 9.54. The largest absolute Gasteiger partial charge is 0.478 e. The van der Waals surface area contributed by atoms with Crippen LogP contribution in [0.25, 0.3) is 11.1 Å². The van der Waals surface area contributed by atoms with Crippen LogP contribution in [0.3, 0.4) is 0 Å². The summed E-state index contributed by atoms with van der Waals surface area (Å²) in [5.74, 6) is 10.7. The van der Waals surface area contributed by atoms with Gasteiger partial charge in [0.15, 0.2) is 0 Å². The van der Waals surface area contributed by atoms with Gasteiger partial charge in [-0.25, -0.2) is 9.59 Å². The first-order valence-electron chi connectivity index (χ1n) is 9.54. The number of carboxylic acid groups (broad SMARTS) is 1. The molecule has 0 atom stereocenters. The van der Waals surface area contributed by atoms with Crippen molar-refractivity contribution in [1.82, 2.24) is 9.13 Å². The third-order valence-corrected chi connectivity index (χ3v) is 4.76. The number of rotatable bonds is 6. The van der Waals surface area contributed by atoms with E-state index in [1.807, 2.05) is 36.5 Å². The number of aromatic nitrogens is 2. The summed E-state index contributed by atoms with van der Waals surface area (Å²) in [6.07, 6.45) is 2.30. The predicted octanol–water partition coefficient (Wildman–Crippen LogP) is 3.65. The zero-order valence-electron chi connectivity index (χ0n) is 17.0. The van der Waals surface area contributed by atoms with Gasteiger partial charge in [0, 0.05) is 6.20 Å². The maximum absolute atomic E-state index is 12.8. The molecule has 0 radical (unpaired) electrons. The molecule has 0 spiro atoms. The molecule has 150 valence electrons. The van der Waals surface area contributed by atoms with Gasteiger partial charge >= 0.3 is 11.7 Å². The molecule has 0 fully saturated rings. The van der Waals surface area contributed by atoms with Crippen LogP contribution in [0.4, 0.5) is 0 Å². The molecule has 0 saturated heterocycles. The van der Waals surface area contributed by atoms with Crippen LogP contribution in [0.5, 0.6) is 0 Å². The molecule has 3 aromatic rings. The van der Waals surface area contributed by atoms with Crippen LogP contribution in [0.2, 0.25) is 0 Å². The molecule has 3 rings (SSSR count). The van der Waals surface area contributed by atoms with Crippen LogP contribution in [0.15, 0.2) is 59.5 Å². The lowest BCUT2D eigenvalue weighted by Crippen LogP contribution is -2.25. The van der Waals surface area contributed by atoms with E-state index in [0.29, 0.717) is 25.1 Å². The van der Waals surface area contributed by atoms with Gasteiger partial charge in [0.1, 0.15) is 0 Å². The summed E-state index contributed by atoms with van der Waals surface area (Å²) in [6.45, 7) is 4.28. The third kappa shape index (κ3) is 4.54. The number of imidazole rings is 1. The highest BCUT2D eigenvalue weighted by atomic mass is 16.4. The first kappa shape index (κ1) is 20.8. The van der Waals surface area contributed by atoms with E-state index >= 15 is 0 Å². The average molecular weight is 398 g/mol. The van der Waals surface area contributed by atoms with E-state index in [9.17, 15) is 14.7 Å².